The molecule has 0 saturated heterocycles. The zero-order chi connectivity index (χ0) is 38.9. The molecule has 2 aromatic heterocycles. The smallest absolute Gasteiger partial charge is 0.143 e. The van der Waals surface area contributed by atoms with E-state index in [9.17, 15) is 0 Å². The van der Waals surface area contributed by atoms with Gasteiger partial charge in [0.15, 0.2) is 0 Å². The first-order chi connectivity index (χ1) is 29.3. The molecule has 11 aromatic rings. The first-order valence-corrected chi connectivity index (χ1v) is 20.2. The molecular weight excluding hydrogens is 717 g/mol. The fourth-order valence-electron chi connectivity index (χ4n) is 9.84. The predicted molar refractivity (Wildman–Crippen MR) is 244 cm³/mol. The molecule has 0 N–H and O–H groups in total. The quantitative estimate of drug-likeness (QED) is 0.164. The van der Waals surface area contributed by atoms with Gasteiger partial charge < -0.3 is 9.32 Å². The van der Waals surface area contributed by atoms with E-state index in [1.54, 1.807) is 0 Å². The fraction of sp³-hybridized carbons (Fsp3) is 0.0179. The number of hydrogen-bond donors (Lipinski definition) is 0. The molecule has 1 aliphatic heterocycles. The summed E-state index contributed by atoms with van der Waals surface area (Å²) >= 11 is 0. The Labute approximate surface area is 342 Å². The molecule has 9 aromatic carbocycles. The first kappa shape index (κ1) is 33.4. The van der Waals surface area contributed by atoms with E-state index in [1.807, 2.05) is 0 Å². The van der Waals surface area contributed by atoms with Crippen LogP contribution in [0.2, 0.25) is 0 Å². The summed E-state index contributed by atoms with van der Waals surface area (Å²) in [6.07, 6.45) is 0. The zero-order valence-corrected chi connectivity index (χ0v) is 32.1. The van der Waals surface area contributed by atoms with E-state index >= 15 is 0 Å². The minimum Gasteiger partial charge on any atom is -0.455 e. The van der Waals surface area contributed by atoms with Gasteiger partial charge in [-0.25, -0.2) is 4.98 Å². The lowest BCUT2D eigenvalue weighted by atomic mass is 9.62. The normalized spacial score (nSPS) is 13.2. The van der Waals surface area contributed by atoms with Crippen LogP contribution in [-0.4, -0.2) is 4.98 Å². The van der Waals surface area contributed by atoms with E-state index in [2.05, 4.69) is 223 Å². The van der Waals surface area contributed by atoms with Gasteiger partial charge >= 0.3 is 0 Å². The van der Waals surface area contributed by atoms with Crippen LogP contribution in [0.1, 0.15) is 22.3 Å². The van der Waals surface area contributed by atoms with Crippen molar-refractivity contribution in [3.05, 3.63) is 241 Å². The van der Waals surface area contributed by atoms with Gasteiger partial charge in [-0.05, 0) is 70.3 Å². The maximum atomic E-state index is 6.86. The van der Waals surface area contributed by atoms with Crippen LogP contribution in [0.3, 0.4) is 0 Å². The Kier molecular flexibility index (Phi) is 7.45. The SMILES string of the molecule is c1ccc(-c2nc3ccccc3c3c2cc(-c2ccc(N4c5ccccc5C(c5ccccc5)(c5ccccc5)c5ccccc54)cc2)c2oc4ccccc4c23)cc1. The summed E-state index contributed by atoms with van der Waals surface area (Å²) in [6, 6.07) is 78.5. The van der Waals surface area contributed by atoms with Crippen molar-refractivity contribution in [2.45, 2.75) is 5.41 Å². The number of fused-ring (bicyclic) bond motifs is 9. The summed E-state index contributed by atoms with van der Waals surface area (Å²) in [6.45, 7) is 0. The molecule has 0 atom stereocenters. The summed E-state index contributed by atoms with van der Waals surface area (Å²) in [4.78, 5) is 7.75. The lowest BCUT2D eigenvalue weighted by Gasteiger charge is -2.46. The van der Waals surface area contributed by atoms with Gasteiger partial charge in [0.1, 0.15) is 11.2 Å². The number of benzene rings is 9. The predicted octanol–water partition coefficient (Wildman–Crippen LogP) is 14.8. The number of aromatic nitrogens is 1. The fourth-order valence-corrected chi connectivity index (χ4v) is 9.84. The van der Waals surface area contributed by atoms with Gasteiger partial charge in [0.05, 0.1) is 28.0 Å². The monoisotopic (exact) mass is 752 g/mol. The topological polar surface area (TPSA) is 29.3 Å². The molecule has 0 aliphatic carbocycles. The third-order valence-corrected chi connectivity index (χ3v) is 12.3. The molecule has 12 rings (SSSR count). The van der Waals surface area contributed by atoms with Crippen LogP contribution in [0.25, 0.3) is 66.0 Å². The van der Waals surface area contributed by atoms with E-state index in [0.717, 1.165) is 83.1 Å². The van der Waals surface area contributed by atoms with Gasteiger partial charge in [-0.1, -0.05) is 176 Å². The molecule has 1 aliphatic rings. The van der Waals surface area contributed by atoms with Crippen molar-refractivity contribution in [2.24, 2.45) is 0 Å². The minimum absolute atomic E-state index is 0.515. The summed E-state index contributed by atoms with van der Waals surface area (Å²) < 4.78 is 6.86. The Balaban J connectivity index is 1.09. The van der Waals surface area contributed by atoms with E-state index < -0.39 is 5.41 Å². The van der Waals surface area contributed by atoms with Crippen LogP contribution >= 0.6 is 0 Å². The Morgan fingerprint density at radius 2 is 0.966 bits per heavy atom. The van der Waals surface area contributed by atoms with Gasteiger partial charge in [-0.15, -0.1) is 0 Å². The molecule has 3 heterocycles. The van der Waals surface area contributed by atoms with E-state index in [-0.39, 0.29) is 0 Å². The van der Waals surface area contributed by atoms with Gasteiger partial charge in [-0.2, -0.15) is 0 Å². The number of hydrogen-bond acceptors (Lipinski definition) is 3. The molecule has 3 heteroatoms. The average Bonchev–Trinajstić information content (AvgIpc) is 3.71. The van der Waals surface area contributed by atoms with Gasteiger partial charge in [0.2, 0.25) is 0 Å². The second-order valence-corrected chi connectivity index (χ2v) is 15.4. The molecule has 0 radical (unpaired) electrons. The lowest BCUT2D eigenvalue weighted by Crippen LogP contribution is -2.37. The van der Waals surface area contributed by atoms with E-state index in [4.69, 9.17) is 9.40 Å². The molecular formula is C56H36N2O. The average molecular weight is 753 g/mol. The highest BCUT2D eigenvalue weighted by Crippen LogP contribution is 2.57. The Morgan fingerprint density at radius 1 is 0.424 bits per heavy atom. The molecule has 0 bridgehead atoms. The van der Waals surface area contributed by atoms with Crippen LogP contribution in [0.15, 0.2) is 223 Å². The summed E-state index contributed by atoms with van der Waals surface area (Å²) in [5.41, 5.74) is 14.7. The standard InChI is InChI=1S/C56H36N2O/c1-4-18-38(19-5-1)54-45-36-44(55-53(43-25-11-17-31-51(43)59-55)52(45)42-24-10-14-28-48(42)57-54)37-32-34-41(35-33-37)58-49-29-15-12-26-46(49)56(39-20-6-2-7-21-39,40-22-8-3-9-23-40)47-27-13-16-30-50(47)58/h1-36H. The first-order valence-electron chi connectivity index (χ1n) is 20.2. The highest BCUT2D eigenvalue weighted by molar-refractivity contribution is 6.30. The van der Waals surface area contributed by atoms with E-state index in [0.29, 0.717) is 0 Å². The van der Waals surface area contributed by atoms with Crippen LogP contribution in [-0.2, 0) is 5.41 Å². The molecule has 59 heavy (non-hydrogen) atoms. The number of para-hydroxylation sites is 4. The van der Waals surface area contributed by atoms with Crippen LogP contribution in [0.4, 0.5) is 17.1 Å². The Hall–Kier alpha value is -7.75. The van der Waals surface area contributed by atoms with Crippen molar-refractivity contribution in [1.29, 1.82) is 0 Å². The second kappa shape index (κ2) is 13.2. The summed E-state index contributed by atoms with van der Waals surface area (Å²) in [5.74, 6) is 0. The number of nitrogens with zero attached hydrogens (tertiary/aromatic N) is 2. The van der Waals surface area contributed by atoms with Gasteiger partial charge in [-0.3, -0.25) is 0 Å². The number of rotatable bonds is 5. The van der Waals surface area contributed by atoms with Crippen LogP contribution in [0.5, 0.6) is 0 Å². The Bertz CT molecular complexity index is 3280. The maximum absolute atomic E-state index is 6.86. The summed E-state index contributed by atoms with van der Waals surface area (Å²) in [5, 5.41) is 5.60. The van der Waals surface area contributed by atoms with Crippen molar-refractivity contribution < 1.29 is 4.42 Å². The zero-order valence-electron chi connectivity index (χ0n) is 32.1. The molecule has 0 saturated carbocycles. The highest BCUT2D eigenvalue weighted by atomic mass is 16.3. The molecule has 0 amide bonds. The summed E-state index contributed by atoms with van der Waals surface area (Å²) in [7, 11) is 0. The lowest BCUT2D eigenvalue weighted by molar-refractivity contribution is 0.670. The highest BCUT2D eigenvalue weighted by Gasteiger charge is 2.46. The van der Waals surface area contributed by atoms with Crippen molar-refractivity contribution in [3.63, 3.8) is 0 Å². The molecule has 0 unspecified atom stereocenters. The second-order valence-electron chi connectivity index (χ2n) is 15.4. The largest absolute Gasteiger partial charge is 0.455 e. The number of pyridine rings is 1. The molecule has 276 valence electrons. The van der Waals surface area contributed by atoms with Gasteiger partial charge in [0, 0.05) is 43.7 Å². The van der Waals surface area contributed by atoms with Crippen molar-refractivity contribution in [1.82, 2.24) is 4.98 Å². The Morgan fingerprint density at radius 3 is 1.63 bits per heavy atom. The van der Waals surface area contributed by atoms with Gasteiger partial charge in [0.25, 0.3) is 0 Å². The number of anilines is 3. The van der Waals surface area contributed by atoms with E-state index in [1.165, 1.54) is 22.3 Å². The molecule has 0 spiro atoms. The van der Waals surface area contributed by atoms with Crippen LogP contribution < -0.4 is 4.90 Å². The van der Waals surface area contributed by atoms with Crippen LogP contribution in [0, 0.1) is 0 Å². The number of furan rings is 1. The third-order valence-electron chi connectivity index (χ3n) is 12.3. The third kappa shape index (κ3) is 4.92. The van der Waals surface area contributed by atoms with Crippen molar-refractivity contribution >= 4 is 60.7 Å². The molecule has 3 nitrogen and oxygen atoms in total. The maximum Gasteiger partial charge on any atom is 0.143 e. The molecule has 0 fully saturated rings. The van der Waals surface area contributed by atoms with Crippen molar-refractivity contribution in [2.75, 3.05) is 4.90 Å². The van der Waals surface area contributed by atoms with Crippen molar-refractivity contribution in [3.8, 4) is 22.4 Å². The minimum atomic E-state index is -0.515.